The van der Waals surface area contributed by atoms with Crippen molar-refractivity contribution >= 4 is 11.9 Å². The number of aromatic hydroxyl groups is 2. The molecule has 0 bridgehead atoms. The van der Waals surface area contributed by atoms with E-state index in [1.165, 1.54) is 0 Å². The van der Waals surface area contributed by atoms with E-state index in [-0.39, 0.29) is 0 Å². The van der Waals surface area contributed by atoms with Crippen LogP contribution in [-0.4, -0.2) is 36.9 Å². The molecule has 1 atom stereocenters. The predicted octanol–water partition coefficient (Wildman–Crippen LogP) is -0.000300. The highest BCUT2D eigenvalue weighted by Crippen LogP contribution is 2.28. The second-order valence-electron chi connectivity index (χ2n) is 2.87. The van der Waals surface area contributed by atoms with Crippen molar-refractivity contribution in [1.82, 2.24) is 4.57 Å². The minimum absolute atomic E-state index is 0.499. The Kier molecular flexibility index (Phi) is 2.84. The van der Waals surface area contributed by atoms with Gasteiger partial charge in [0.25, 0.3) is 0 Å². The molecule has 1 unspecified atom stereocenters. The molecule has 0 spiro atoms. The van der Waals surface area contributed by atoms with E-state index in [0.29, 0.717) is 4.57 Å². The Labute approximate surface area is 83.8 Å². The minimum Gasteiger partial charge on any atom is -0.494 e. The predicted molar refractivity (Wildman–Crippen MR) is 46.7 cm³/mol. The van der Waals surface area contributed by atoms with Crippen LogP contribution in [0.1, 0.15) is 12.5 Å². The lowest BCUT2D eigenvalue weighted by atomic mass is 10.2. The van der Waals surface area contributed by atoms with E-state index in [9.17, 15) is 19.8 Å². The van der Waals surface area contributed by atoms with Crippen LogP contribution in [0.5, 0.6) is 11.8 Å². The first kappa shape index (κ1) is 10.9. The number of carbonyl (C=O) groups is 2. The zero-order valence-corrected chi connectivity index (χ0v) is 7.49. The van der Waals surface area contributed by atoms with Crippen LogP contribution in [0.2, 0.25) is 0 Å². The quantitative estimate of drug-likeness (QED) is 0.561. The summed E-state index contributed by atoms with van der Waals surface area (Å²) in [5, 5.41) is 35.6. The van der Waals surface area contributed by atoms with E-state index in [0.717, 1.165) is 12.1 Å². The molecule has 7 heteroatoms. The molecule has 1 heterocycles. The standard InChI is InChI=1S/C8H9NO6/c10-5-1-2-6(11)9(5)4(8(14)15)3-7(12)13/h1-2,4,10-11H,3H2,(H,12,13)(H,14,15). The fraction of sp³-hybridized carbons (Fsp3) is 0.250. The van der Waals surface area contributed by atoms with E-state index in [1.54, 1.807) is 0 Å². The van der Waals surface area contributed by atoms with Gasteiger partial charge in [0.1, 0.15) is 6.04 Å². The van der Waals surface area contributed by atoms with Gasteiger partial charge in [0.2, 0.25) is 0 Å². The molecule has 4 N–H and O–H groups in total. The van der Waals surface area contributed by atoms with Gasteiger partial charge in [-0.3, -0.25) is 9.36 Å². The first-order valence-electron chi connectivity index (χ1n) is 3.97. The molecule has 15 heavy (non-hydrogen) atoms. The SMILES string of the molecule is O=C(O)CC(C(=O)O)n1c(O)ccc1O. The first-order valence-corrected chi connectivity index (χ1v) is 3.97. The fourth-order valence-corrected chi connectivity index (χ4v) is 1.20. The monoisotopic (exact) mass is 215 g/mol. The van der Waals surface area contributed by atoms with Gasteiger partial charge < -0.3 is 20.4 Å². The van der Waals surface area contributed by atoms with Gasteiger partial charge in [-0.25, -0.2) is 4.79 Å². The van der Waals surface area contributed by atoms with Crippen molar-refractivity contribution in [3.05, 3.63) is 12.1 Å². The smallest absolute Gasteiger partial charge is 0.327 e. The molecule has 1 aromatic heterocycles. The van der Waals surface area contributed by atoms with Gasteiger partial charge in [0, 0.05) is 12.1 Å². The topological polar surface area (TPSA) is 120 Å². The van der Waals surface area contributed by atoms with Gasteiger partial charge in [0.15, 0.2) is 11.8 Å². The number of carboxylic acids is 2. The summed E-state index contributed by atoms with van der Waals surface area (Å²) < 4.78 is 0.635. The third-order valence-corrected chi connectivity index (χ3v) is 1.84. The zero-order valence-electron chi connectivity index (χ0n) is 7.49. The van der Waals surface area contributed by atoms with Crippen LogP contribution in [0.4, 0.5) is 0 Å². The Bertz CT molecular complexity index is 376. The summed E-state index contributed by atoms with van der Waals surface area (Å²) in [7, 11) is 0. The molecule has 0 radical (unpaired) electrons. The molecule has 0 saturated carbocycles. The summed E-state index contributed by atoms with van der Waals surface area (Å²) in [6, 6.07) is 0.623. The average Bonchev–Trinajstić information content (AvgIpc) is 2.42. The number of nitrogens with zero attached hydrogens (tertiary/aromatic N) is 1. The van der Waals surface area contributed by atoms with Gasteiger partial charge >= 0.3 is 11.9 Å². The van der Waals surface area contributed by atoms with Crippen LogP contribution in [-0.2, 0) is 9.59 Å². The summed E-state index contributed by atoms with van der Waals surface area (Å²) in [6.07, 6.45) is -0.731. The largest absolute Gasteiger partial charge is 0.494 e. The Morgan fingerprint density at radius 1 is 1.20 bits per heavy atom. The Morgan fingerprint density at radius 2 is 1.67 bits per heavy atom. The Morgan fingerprint density at radius 3 is 2.00 bits per heavy atom. The van der Waals surface area contributed by atoms with Crippen LogP contribution in [0.25, 0.3) is 0 Å². The van der Waals surface area contributed by atoms with Crippen LogP contribution < -0.4 is 0 Å². The summed E-state index contributed by atoms with van der Waals surface area (Å²) in [6.45, 7) is 0. The van der Waals surface area contributed by atoms with Crippen LogP contribution in [0.15, 0.2) is 12.1 Å². The molecule has 1 rings (SSSR count). The molecule has 0 aliphatic heterocycles. The number of rotatable bonds is 4. The molecular weight excluding hydrogens is 206 g/mol. The maximum absolute atomic E-state index is 10.7. The second-order valence-corrected chi connectivity index (χ2v) is 2.87. The number of hydrogen-bond donors (Lipinski definition) is 4. The van der Waals surface area contributed by atoms with Crippen molar-refractivity contribution in [3.8, 4) is 11.8 Å². The lowest BCUT2D eigenvalue weighted by Crippen LogP contribution is -2.21. The van der Waals surface area contributed by atoms with E-state index < -0.39 is 36.2 Å². The van der Waals surface area contributed by atoms with Crippen LogP contribution >= 0.6 is 0 Å². The molecule has 0 aliphatic rings. The van der Waals surface area contributed by atoms with Crippen molar-refractivity contribution in [2.45, 2.75) is 12.5 Å². The van der Waals surface area contributed by atoms with Crippen molar-refractivity contribution in [1.29, 1.82) is 0 Å². The van der Waals surface area contributed by atoms with Crippen molar-refractivity contribution in [2.24, 2.45) is 0 Å². The Balaban J connectivity index is 3.09. The zero-order chi connectivity index (χ0) is 11.6. The summed E-state index contributed by atoms with van der Waals surface area (Å²) in [5.41, 5.74) is 0. The highest BCUT2D eigenvalue weighted by Gasteiger charge is 2.26. The minimum atomic E-state index is -1.53. The highest BCUT2D eigenvalue weighted by molar-refractivity contribution is 5.79. The molecular formula is C8H9NO6. The number of carboxylic acid groups (broad SMARTS) is 2. The van der Waals surface area contributed by atoms with Gasteiger partial charge in [0.05, 0.1) is 6.42 Å². The lowest BCUT2D eigenvalue weighted by molar-refractivity contribution is -0.147. The third-order valence-electron chi connectivity index (χ3n) is 1.84. The van der Waals surface area contributed by atoms with E-state index in [1.807, 2.05) is 0 Å². The molecule has 7 nitrogen and oxygen atoms in total. The van der Waals surface area contributed by atoms with Crippen LogP contribution in [0.3, 0.4) is 0 Å². The lowest BCUT2D eigenvalue weighted by Gasteiger charge is -2.14. The van der Waals surface area contributed by atoms with Crippen molar-refractivity contribution < 1.29 is 30.0 Å². The summed E-state index contributed by atoms with van der Waals surface area (Å²) in [4.78, 5) is 21.1. The van der Waals surface area contributed by atoms with E-state index in [2.05, 4.69) is 0 Å². The average molecular weight is 215 g/mol. The molecule has 1 aromatic rings. The normalized spacial score (nSPS) is 12.3. The Hall–Kier alpha value is -2.18. The fourth-order valence-electron chi connectivity index (χ4n) is 1.20. The summed E-state index contributed by atoms with van der Waals surface area (Å²) in [5.74, 6) is -3.78. The van der Waals surface area contributed by atoms with Crippen molar-refractivity contribution in [2.75, 3.05) is 0 Å². The summed E-state index contributed by atoms with van der Waals surface area (Å²) >= 11 is 0. The molecule has 82 valence electrons. The van der Waals surface area contributed by atoms with Gasteiger partial charge in [-0.2, -0.15) is 0 Å². The molecule has 0 amide bonds. The van der Waals surface area contributed by atoms with E-state index in [4.69, 9.17) is 10.2 Å². The van der Waals surface area contributed by atoms with Crippen LogP contribution in [0, 0.1) is 0 Å². The second kappa shape index (κ2) is 3.91. The van der Waals surface area contributed by atoms with Gasteiger partial charge in [-0.15, -0.1) is 0 Å². The molecule has 0 saturated heterocycles. The maximum atomic E-state index is 10.7. The third kappa shape index (κ3) is 2.19. The highest BCUT2D eigenvalue weighted by atomic mass is 16.4. The number of aromatic nitrogens is 1. The van der Waals surface area contributed by atoms with E-state index >= 15 is 0 Å². The van der Waals surface area contributed by atoms with Crippen molar-refractivity contribution in [3.63, 3.8) is 0 Å². The first-order chi connectivity index (χ1) is 6.93. The van der Waals surface area contributed by atoms with Gasteiger partial charge in [-0.1, -0.05) is 0 Å². The number of aliphatic carboxylic acids is 2. The maximum Gasteiger partial charge on any atom is 0.327 e. The molecule has 0 aliphatic carbocycles. The van der Waals surface area contributed by atoms with Gasteiger partial charge in [-0.05, 0) is 0 Å². The molecule has 0 aromatic carbocycles. The molecule has 0 fully saturated rings. The number of hydrogen-bond acceptors (Lipinski definition) is 4.